The van der Waals surface area contributed by atoms with Gasteiger partial charge in [-0.1, -0.05) is 36.2 Å². The van der Waals surface area contributed by atoms with Crippen LogP contribution in [0.1, 0.15) is 32.3 Å². The van der Waals surface area contributed by atoms with Gasteiger partial charge in [0.1, 0.15) is 5.25 Å². The fourth-order valence-electron chi connectivity index (χ4n) is 2.63. The minimum Gasteiger partial charge on any atom is -0.342 e. The van der Waals surface area contributed by atoms with E-state index in [1.807, 2.05) is 0 Å². The van der Waals surface area contributed by atoms with Gasteiger partial charge in [-0.3, -0.25) is 4.79 Å². The van der Waals surface area contributed by atoms with Crippen LogP contribution >= 0.6 is 23.2 Å². The first-order chi connectivity index (χ1) is 10.7. The highest BCUT2D eigenvalue weighted by molar-refractivity contribution is 7.92. The second-order valence-electron chi connectivity index (χ2n) is 6.21. The fourth-order valence-corrected chi connectivity index (χ4v) is 4.30. The van der Waals surface area contributed by atoms with Gasteiger partial charge in [0.25, 0.3) is 0 Å². The molecule has 0 radical (unpaired) electrons. The van der Waals surface area contributed by atoms with Crippen molar-refractivity contribution in [3.8, 4) is 0 Å². The van der Waals surface area contributed by atoms with E-state index in [1.54, 1.807) is 17.0 Å². The lowest BCUT2D eigenvalue weighted by Crippen LogP contribution is -2.45. The normalized spacial score (nSPS) is 18.0. The van der Waals surface area contributed by atoms with E-state index in [0.29, 0.717) is 34.6 Å². The summed E-state index contributed by atoms with van der Waals surface area (Å²) in [4.78, 5) is 14.1. The van der Waals surface area contributed by atoms with Crippen LogP contribution in [-0.4, -0.2) is 37.6 Å². The SMILES string of the molecule is CC1CCN(C(=O)C(C)S(=O)(=O)Cc2ccc(Cl)c(Cl)c2)CC1. The molecule has 4 nitrogen and oxygen atoms in total. The average Bonchev–Trinajstić information content (AvgIpc) is 2.50. The smallest absolute Gasteiger partial charge is 0.240 e. The molecule has 1 aromatic carbocycles. The van der Waals surface area contributed by atoms with Crippen molar-refractivity contribution in [1.82, 2.24) is 4.90 Å². The summed E-state index contributed by atoms with van der Waals surface area (Å²) in [6.07, 6.45) is 1.84. The first kappa shape index (κ1) is 18.6. The lowest BCUT2D eigenvalue weighted by Gasteiger charge is -2.32. The zero-order chi connectivity index (χ0) is 17.2. The number of likely N-dealkylation sites (tertiary alicyclic amines) is 1. The van der Waals surface area contributed by atoms with E-state index in [0.717, 1.165) is 12.8 Å². The van der Waals surface area contributed by atoms with Crippen LogP contribution in [0.4, 0.5) is 0 Å². The van der Waals surface area contributed by atoms with Crippen molar-refractivity contribution in [3.63, 3.8) is 0 Å². The molecule has 1 fully saturated rings. The Hall–Kier alpha value is -0.780. The highest BCUT2D eigenvalue weighted by Crippen LogP contribution is 2.25. The molecule has 0 bridgehead atoms. The predicted molar refractivity (Wildman–Crippen MR) is 93.5 cm³/mol. The van der Waals surface area contributed by atoms with E-state index < -0.39 is 15.1 Å². The lowest BCUT2D eigenvalue weighted by molar-refractivity contribution is -0.131. The lowest BCUT2D eigenvalue weighted by atomic mass is 9.99. The van der Waals surface area contributed by atoms with Crippen LogP contribution in [-0.2, 0) is 20.4 Å². The molecule has 1 amide bonds. The van der Waals surface area contributed by atoms with Crippen molar-refractivity contribution in [1.29, 1.82) is 0 Å². The van der Waals surface area contributed by atoms with Gasteiger partial charge in [0.15, 0.2) is 9.84 Å². The number of hydrogen-bond donors (Lipinski definition) is 0. The third kappa shape index (κ3) is 4.61. The van der Waals surface area contributed by atoms with Gasteiger partial charge in [-0.2, -0.15) is 0 Å². The molecular formula is C16H21Cl2NO3S. The number of halogens is 2. The van der Waals surface area contributed by atoms with E-state index in [9.17, 15) is 13.2 Å². The van der Waals surface area contributed by atoms with Gasteiger partial charge < -0.3 is 4.90 Å². The average molecular weight is 378 g/mol. The molecule has 0 aliphatic carbocycles. The van der Waals surface area contributed by atoms with Crippen LogP contribution in [0.3, 0.4) is 0 Å². The number of amides is 1. The summed E-state index contributed by atoms with van der Waals surface area (Å²) in [7, 11) is -3.60. The molecular weight excluding hydrogens is 357 g/mol. The molecule has 0 aromatic heterocycles. The van der Waals surface area contributed by atoms with Crippen LogP contribution in [0.15, 0.2) is 18.2 Å². The second kappa shape index (κ2) is 7.41. The van der Waals surface area contributed by atoms with Gasteiger partial charge in [-0.05, 0) is 43.4 Å². The number of piperidine rings is 1. The number of rotatable bonds is 4. The Labute approximate surface area is 147 Å². The number of hydrogen-bond acceptors (Lipinski definition) is 3. The Morgan fingerprint density at radius 3 is 2.43 bits per heavy atom. The van der Waals surface area contributed by atoms with Crippen LogP contribution in [0, 0.1) is 5.92 Å². The van der Waals surface area contributed by atoms with E-state index >= 15 is 0 Å². The van der Waals surface area contributed by atoms with E-state index in [4.69, 9.17) is 23.2 Å². The quantitative estimate of drug-likeness (QED) is 0.805. The number of nitrogens with zero attached hydrogens (tertiary/aromatic N) is 1. The van der Waals surface area contributed by atoms with Crippen molar-refractivity contribution in [2.75, 3.05) is 13.1 Å². The second-order valence-corrected chi connectivity index (χ2v) is 9.34. The van der Waals surface area contributed by atoms with Crippen molar-refractivity contribution < 1.29 is 13.2 Å². The highest BCUT2D eigenvalue weighted by Gasteiger charge is 2.33. The Kier molecular flexibility index (Phi) is 5.98. The van der Waals surface area contributed by atoms with Gasteiger partial charge in [-0.25, -0.2) is 8.42 Å². The van der Waals surface area contributed by atoms with Crippen molar-refractivity contribution in [2.24, 2.45) is 5.92 Å². The zero-order valence-corrected chi connectivity index (χ0v) is 15.6. The Bertz CT molecular complexity index is 683. The summed E-state index contributed by atoms with van der Waals surface area (Å²) in [6.45, 7) is 4.87. The molecule has 1 aliphatic rings. The molecule has 7 heteroatoms. The third-order valence-corrected chi connectivity index (χ3v) is 7.09. The molecule has 1 unspecified atom stereocenters. The first-order valence-corrected chi connectivity index (χ1v) is 10.1. The maximum atomic E-state index is 12.5. The van der Waals surface area contributed by atoms with Crippen LogP contribution in [0.2, 0.25) is 10.0 Å². The first-order valence-electron chi connectivity index (χ1n) is 7.65. The third-order valence-electron chi connectivity index (χ3n) is 4.33. The highest BCUT2D eigenvalue weighted by atomic mass is 35.5. The maximum Gasteiger partial charge on any atom is 0.240 e. The minimum absolute atomic E-state index is 0.221. The molecule has 1 aliphatic heterocycles. The van der Waals surface area contributed by atoms with E-state index in [-0.39, 0.29) is 11.7 Å². The Morgan fingerprint density at radius 1 is 1.26 bits per heavy atom. The molecule has 0 N–H and O–H groups in total. The molecule has 1 atom stereocenters. The summed E-state index contributed by atoms with van der Waals surface area (Å²) >= 11 is 11.8. The van der Waals surface area contributed by atoms with Gasteiger partial charge in [0.05, 0.1) is 15.8 Å². The number of sulfone groups is 1. The van der Waals surface area contributed by atoms with Gasteiger partial charge in [0, 0.05) is 13.1 Å². The monoisotopic (exact) mass is 377 g/mol. The largest absolute Gasteiger partial charge is 0.342 e. The summed E-state index contributed by atoms with van der Waals surface area (Å²) in [5.74, 6) is 0.0558. The summed E-state index contributed by atoms with van der Waals surface area (Å²) in [6, 6.07) is 4.71. The molecule has 1 aromatic rings. The maximum absolute atomic E-state index is 12.5. The molecule has 1 heterocycles. The van der Waals surface area contributed by atoms with Crippen LogP contribution < -0.4 is 0 Å². The molecule has 2 rings (SSSR count). The van der Waals surface area contributed by atoms with Crippen molar-refractivity contribution >= 4 is 38.9 Å². The molecule has 23 heavy (non-hydrogen) atoms. The van der Waals surface area contributed by atoms with Gasteiger partial charge in [0.2, 0.25) is 5.91 Å². The molecule has 0 spiro atoms. The van der Waals surface area contributed by atoms with Gasteiger partial charge in [-0.15, -0.1) is 0 Å². The van der Waals surface area contributed by atoms with Gasteiger partial charge >= 0.3 is 0 Å². The Balaban J connectivity index is 2.08. The van der Waals surface area contributed by atoms with Crippen LogP contribution in [0.5, 0.6) is 0 Å². The molecule has 1 saturated heterocycles. The fraction of sp³-hybridized carbons (Fsp3) is 0.562. The molecule has 128 valence electrons. The zero-order valence-electron chi connectivity index (χ0n) is 13.3. The summed E-state index contributed by atoms with van der Waals surface area (Å²) < 4.78 is 25.0. The summed E-state index contributed by atoms with van der Waals surface area (Å²) in [5, 5.41) is -0.367. The summed E-state index contributed by atoms with van der Waals surface area (Å²) in [5.41, 5.74) is 0.534. The minimum atomic E-state index is -3.60. The van der Waals surface area contributed by atoms with Crippen molar-refractivity contribution in [2.45, 2.75) is 37.7 Å². The van der Waals surface area contributed by atoms with Crippen LogP contribution in [0.25, 0.3) is 0 Å². The van der Waals surface area contributed by atoms with E-state index in [1.165, 1.54) is 13.0 Å². The topological polar surface area (TPSA) is 54.5 Å². The molecule has 0 saturated carbocycles. The van der Waals surface area contributed by atoms with E-state index in [2.05, 4.69) is 6.92 Å². The standard InChI is InChI=1S/C16H21Cl2NO3S/c1-11-5-7-19(8-6-11)16(20)12(2)23(21,22)10-13-3-4-14(17)15(18)9-13/h3-4,9,11-12H,5-8,10H2,1-2H3. The predicted octanol–water partition coefficient (Wildman–Crippen LogP) is 3.56. The number of carbonyl (C=O) groups is 1. The number of carbonyl (C=O) groups excluding carboxylic acids is 1. The number of benzene rings is 1. The Morgan fingerprint density at radius 2 is 1.87 bits per heavy atom. The van der Waals surface area contributed by atoms with Crippen molar-refractivity contribution in [3.05, 3.63) is 33.8 Å².